The quantitative estimate of drug-likeness (QED) is 0.723. The van der Waals surface area contributed by atoms with E-state index in [1.54, 1.807) is 14.0 Å². The van der Waals surface area contributed by atoms with Crippen LogP contribution in [-0.4, -0.2) is 32.3 Å². The second kappa shape index (κ2) is 9.31. The van der Waals surface area contributed by atoms with E-state index in [1.807, 2.05) is 36.4 Å². The minimum Gasteiger partial charge on any atom is -0.497 e. The monoisotopic (exact) mass is 369 g/mol. The molecule has 1 atom stereocenters. The van der Waals surface area contributed by atoms with Crippen molar-refractivity contribution in [1.29, 1.82) is 0 Å². The van der Waals surface area contributed by atoms with Crippen molar-refractivity contribution < 1.29 is 19.0 Å². The molecule has 27 heavy (non-hydrogen) atoms. The van der Waals surface area contributed by atoms with Gasteiger partial charge in [-0.2, -0.15) is 0 Å². The number of rotatable bonds is 8. The zero-order valence-electron chi connectivity index (χ0n) is 16.0. The average molecular weight is 369 g/mol. The standard InChI is InChI=1S/C22H27NO4/c1-16(27-21-9-5-7-17-6-3-4-8-20(17)21)22(24)23-14-15-26-19-12-10-18(25-2)11-13-19/h5,7,9-13,16H,3-4,6,8,14-15H2,1-2H3,(H,23,24)/t16-/m1/s1. The molecule has 0 spiro atoms. The number of amides is 1. The van der Waals surface area contributed by atoms with Gasteiger partial charge in [0.05, 0.1) is 13.7 Å². The highest BCUT2D eigenvalue weighted by Gasteiger charge is 2.19. The van der Waals surface area contributed by atoms with E-state index in [0.717, 1.165) is 30.1 Å². The highest BCUT2D eigenvalue weighted by molar-refractivity contribution is 5.80. The molecule has 5 nitrogen and oxygen atoms in total. The Kier molecular flexibility index (Phi) is 6.58. The summed E-state index contributed by atoms with van der Waals surface area (Å²) in [7, 11) is 1.62. The molecule has 0 unspecified atom stereocenters. The first-order valence-electron chi connectivity index (χ1n) is 9.49. The summed E-state index contributed by atoms with van der Waals surface area (Å²) in [6.07, 6.45) is 3.97. The van der Waals surface area contributed by atoms with Crippen molar-refractivity contribution in [3.63, 3.8) is 0 Å². The maximum absolute atomic E-state index is 12.3. The number of hydrogen-bond donors (Lipinski definition) is 1. The van der Waals surface area contributed by atoms with Gasteiger partial charge in [0.1, 0.15) is 23.9 Å². The van der Waals surface area contributed by atoms with Crippen molar-refractivity contribution in [1.82, 2.24) is 5.32 Å². The lowest BCUT2D eigenvalue weighted by molar-refractivity contribution is -0.127. The second-order valence-corrected chi connectivity index (χ2v) is 6.68. The molecule has 0 aliphatic heterocycles. The number of benzene rings is 2. The molecule has 2 aromatic rings. The third-order valence-electron chi connectivity index (χ3n) is 4.76. The number of fused-ring (bicyclic) bond motifs is 1. The first-order valence-corrected chi connectivity index (χ1v) is 9.49. The van der Waals surface area contributed by atoms with E-state index in [0.29, 0.717) is 13.2 Å². The largest absolute Gasteiger partial charge is 0.497 e. The molecular formula is C22H27NO4. The second-order valence-electron chi connectivity index (χ2n) is 6.68. The van der Waals surface area contributed by atoms with Gasteiger partial charge in [-0.3, -0.25) is 4.79 Å². The highest BCUT2D eigenvalue weighted by Crippen LogP contribution is 2.30. The first-order chi connectivity index (χ1) is 13.2. The van der Waals surface area contributed by atoms with Gasteiger partial charge in [0, 0.05) is 0 Å². The zero-order chi connectivity index (χ0) is 19.1. The predicted molar refractivity (Wildman–Crippen MR) is 105 cm³/mol. The highest BCUT2D eigenvalue weighted by atomic mass is 16.5. The lowest BCUT2D eigenvalue weighted by atomic mass is 9.91. The predicted octanol–water partition coefficient (Wildman–Crippen LogP) is 3.54. The third kappa shape index (κ3) is 5.16. The van der Waals surface area contributed by atoms with Crippen molar-refractivity contribution >= 4 is 5.91 Å². The van der Waals surface area contributed by atoms with Crippen LogP contribution in [0.3, 0.4) is 0 Å². The summed E-state index contributed by atoms with van der Waals surface area (Å²) < 4.78 is 16.7. The van der Waals surface area contributed by atoms with Gasteiger partial charge in [0.15, 0.2) is 6.10 Å². The fourth-order valence-electron chi connectivity index (χ4n) is 3.26. The fourth-order valence-corrected chi connectivity index (χ4v) is 3.26. The maximum atomic E-state index is 12.3. The van der Waals surface area contributed by atoms with E-state index in [1.165, 1.54) is 24.0 Å². The van der Waals surface area contributed by atoms with Gasteiger partial charge in [-0.25, -0.2) is 0 Å². The molecule has 1 aliphatic carbocycles. The molecule has 0 heterocycles. The van der Waals surface area contributed by atoms with Crippen molar-refractivity contribution in [3.8, 4) is 17.2 Å². The van der Waals surface area contributed by atoms with E-state index >= 15 is 0 Å². The van der Waals surface area contributed by atoms with Gasteiger partial charge < -0.3 is 19.5 Å². The Bertz CT molecular complexity index is 757. The Labute approximate surface area is 160 Å². The smallest absolute Gasteiger partial charge is 0.260 e. The van der Waals surface area contributed by atoms with Crippen LogP contribution in [0.1, 0.15) is 30.9 Å². The molecule has 3 rings (SSSR count). The van der Waals surface area contributed by atoms with Gasteiger partial charge in [0.2, 0.25) is 0 Å². The van der Waals surface area contributed by atoms with Gasteiger partial charge in [-0.05, 0) is 74.1 Å². The van der Waals surface area contributed by atoms with Crippen LogP contribution in [0.5, 0.6) is 17.2 Å². The number of aryl methyl sites for hydroxylation is 1. The fraction of sp³-hybridized carbons (Fsp3) is 0.409. The SMILES string of the molecule is COc1ccc(OCCNC(=O)[C@@H](C)Oc2cccc3c2CCCC3)cc1. The molecule has 1 N–H and O–H groups in total. The third-order valence-corrected chi connectivity index (χ3v) is 4.76. The Morgan fingerprint density at radius 2 is 1.81 bits per heavy atom. The number of ether oxygens (including phenoxy) is 3. The summed E-state index contributed by atoms with van der Waals surface area (Å²) in [6, 6.07) is 13.5. The molecule has 0 bridgehead atoms. The molecular weight excluding hydrogens is 342 g/mol. The Morgan fingerprint density at radius 3 is 2.59 bits per heavy atom. The molecule has 0 saturated heterocycles. The van der Waals surface area contributed by atoms with E-state index in [9.17, 15) is 4.79 Å². The molecule has 0 fully saturated rings. The van der Waals surface area contributed by atoms with Crippen LogP contribution < -0.4 is 19.5 Å². The van der Waals surface area contributed by atoms with Gasteiger partial charge in [0.25, 0.3) is 5.91 Å². The van der Waals surface area contributed by atoms with Gasteiger partial charge in [-0.1, -0.05) is 12.1 Å². The molecule has 1 amide bonds. The molecule has 5 heteroatoms. The van der Waals surface area contributed by atoms with Crippen LogP contribution in [0, 0.1) is 0 Å². The summed E-state index contributed by atoms with van der Waals surface area (Å²) in [6.45, 7) is 2.60. The lowest BCUT2D eigenvalue weighted by Crippen LogP contribution is -2.38. The molecule has 144 valence electrons. The van der Waals surface area contributed by atoms with Crippen LogP contribution in [0.2, 0.25) is 0 Å². The minimum atomic E-state index is -0.542. The molecule has 0 saturated carbocycles. The molecule has 0 aromatic heterocycles. The Hall–Kier alpha value is -2.69. The number of carbonyl (C=O) groups is 1. The Morgan fingerprint density at radius 1 is 1.07 bits per heavy atom. The first kappa shape index (κ1) is 19.1. The van der Waals surface area contributed by atoms with Crippen molar-refractivity contribution in [2.24, 2.45) is 0 Å². The number of methoxy groups -OCH3 is 1. The van der Waals surface area contributed by atoms with Crippen molar-refractivity contribution in [3.05, 3.63) is 53.6 Å². The zero-order valence-corrected chi connectivity index (χ0v) is 16.0. The lowest BCUT2D eigenvalue weighted by Gasteiger charge is -2.22. The van der Waals surface area contributed by atoms with E-state index < -0.39 is 6.10 Å². The summed E-state index contributed by atoms with van der Waals surface area (Å²) in [4.78, 5) is 12.3. The summed E-state index contributed by atoms with van der Waals surface area (Å²) in [5, 5.41) is 2.86. The molecule has 1 aliphatic rings. The van der Waals surface area contributed by atoms with Gasteiger partial charge in [-0.15, -0.1) is 0 Å². The number of carbonyl (C=O) groups excluding carboxylic acids is 1. The van der Waals surface area contributed by atoms with Crippen molar-refractivity contribution in [2.75, 3.05) is 20.3 Å². The van der Waals surface area contributed by atoms with Crippen LogP contribution in [0.15, 0.2) is 42.5 Å². The topological polar surface area (TPSA) is 56.8 Å². The van der Waals surface area contributed by atoms with Crippen molar-refractivity contribution in [2.45, 2.75) is 38.7 Å². The Balaban J connectivity index is 1.44. The molecule has 0 radical (unpaired) electrons. The molecule has 2 aromatic carbocycles. The summed E-state index contributed by atoms with van der Waals surface area (Å²) >= 11 is 0. The van der Waals surface area contributed by atoms with Crippen LogP contribution in [0.25, 0.3) is 0 Å². The van der Waals surface area contributed by atoms with E-state index in [-0.39, 0.29) is 5.91 Å². The minimum absolute atomic E-state index is 0.137. The van der Waals surface area contributed by atoms with Crippen LogP contribution in [0.4, 0.5) is 0 Å². The summed E-state index contributed by atoms with van der Waals surface area (Å²) in [5.74, 6) is 2.22. The van der Waals surface area contributed by atoms with Gasteiger partial charge >= 0.3 is 0 Å². The number of nitrogens with one attached hydrogen (secondary N) is 1. The maximum Gasteiger partial charge on any atom is 0.260 e. The summed E-state index contributed by atoms with van der Waals surface area (Å²) in [5.41, 5.74) is 2.60. The van der Waals surface area contributed by atoms with E-state index in [4.69, 9.17) is 14.2 Å². The van der Waals surface area contributed by atoms with Crippen LogP contribution >= 0.6 is 0 Å². The number of hydrogen-bond acceptors (Lipinski definition) is 4. The van der Waals surface area contributed by atoms with E-state index in [2.05, 4.69) is 11.4 Å². The van der Waals surface area contributed by atoms with Crippen LogP contribution in [-0.2, 0) is 17.6 Å². The normalized spacial score (nSPS) is 14.0. The average Bonchev–Trinajstić information content (AvgIpc) is 2.71.